The molecule has 0 bridgehead atoms. The Bertz CT molecular complexity index is 959. The molecule has 0 unspecified atom stereocenters. The number of anilines is 1. The Morgan fingerprint density at radius 3 is 2.68 bits per heavy atom. The number of nitrogen functional groups attached to an aromatic ring is 1. The number of amides is 1. The first-order valence-electron chi connectivity index (χ1n) is 7.83. The normalized spacial score (nSPS) is 10.8. The van der Waals surface area contributed by atoms with Gasteiger partial charge >= 0.3 is 0 Å². The molecule has 3 rings (SSSR count). The lowest BCUT2D eigenvalue weighted by molar-refractivity contribution is -0.272. The van der Waals surface area contributed by atoms with Crippen LogP contribution in [0.3, 0.4) is 0 Å². The molecule has 0 radical (unpaired) electrons. The lowest BCUT2D eigenvalue weighted by Crippen LogP contribution is -2.26. The number of aromatic nitrogens is 2. The van der Waals surface area contributed by atoms with E-state index in [4.69, 9.17) is 5.73 Å². The van der Waals surface area contributed by atoms with E-state index in [0.717, 1.165) is 12.5 Å². The zero-order chi connectivity index (χ0) is 18.0. The van der Waals surface area contributed by atoms with Crippen LogP contribution in [0.25, 0.3) is 22.0 Å². The number of nitrogens with two attached hydrogens (primary N) is 1. The number of rotatable bonds is 4. The number of nitrogens with one attached hydrogen (secondary N) is 1. The molecule has 128 valence electrons. The second kappa shape index (κ2) is 6.72. The number of carbonyl (C=O) groups is 1. The van der Waals surface area contributed by atoms with Gasteiger partial charge in [0.15, 0.2) is 5.69 Å². The third-order valence-corrected chi connectivity index (χ3v) is 3.84. The van der Waals surface area contributed by atoms with Gasteiger partial charge in [-0.05, 0) is 6.42 Å². The summed E-state index contributed by atoms with van der Waals surface area (Å²) in [7, 11) is 0. The molecular weight excluding hydrogens is 323 g/mol. The summed E-state index contributed by atoms with van der Waals surface area (Å²) in [4.78, 5) is 12.1. The van der Waals surface area contributed by atoms with Crippen LogP contribution in [0.5, 0.6) is 5.75 Å². The summed E-state index contributed by atoms with van der Waals surface area (Å²) in [5, 5.41) is 22.7. The molecule has 0 saturated heterocycles. The minimum absolute atomic E-state index is 0.0242. The van der Waals surface area contributed by atoms with E-state index in [-0.39, 0.29) is 16.9 Å². The fraction of sp³-hybridized carbons (Fsp3) is 0.167. The van der Waals surface area contributed by atoms with Gasteiger partial charge in [-0.25, -0.2) is 4.39 Å². The van der Waals surface area contributed by atoms with Gasteiger partial charge in [-0.1, -0.05) is 49.1 Å². The first-order valence-corrected chi connectivity index (χ1v) is 7.83. The van der Waals surface area contributed by atoms with Crippen LogP contribution >= 0.6 is 0 Å². The van der Waals surface area contributed by atoms with Gasteiger partial charge in [-0.3, -0.25) is 4.79 Å². The molecule has 2 aromatic carbocycles. The lowest BCUT2D eigenvalue weighted by Gasteiger charge is -2.13. The van der Waals surface area contributed by atoms with Crippen molar-refractivity contribution in [2.24, 2.45) is 0 Å². The van der Waals surface area contributed by atoms with E-state index >= 15 is 0 Å². The highest BCUT2D eigenvalue weighted by atomic mass is 19.1. The molecule has 1 aromatic heterocycles. The molecule has 6 nitrogen and oxygen atoms in total. The molecule has 1 amide bonds. The molecule has 0 aliphatic heterocycles. The Morgan fingerprint density at radius 1 is 1.20 bits per heavy atom. The Hall–Kier alpha value is -3.22. The molecule has 0 atom stereocenters. The molecule has 25 heavy (non-hydrogen) atoms. The predicted octanol–water partition coefficient (Wildman–Crippen LogP) is 2.23. The van der Waals surface area contributed by atoms with Crippen LogP contribution < -0.4 is 16.2 Å². The molecular formula is C18H16FN4O2-. The Balaban J connectivity index is 2.17. The van der Waals surface area contributed by atoms with E-state index in [9.17, 15) is 14.3 Å². The number of hydrogen-bond acceptors (Lipinski definition) is 5. The van der Waals surface area contributed by atoms with Gasteiger partial charge in [0.1, 0.15) is 11.3 Å². The van der Waals surface area contributed by atoms with Gasteiger partial charge in [0.25, 0.3) is 5.91 Å². The van der Waals surface area contributed by atoms with Gasteiger partial charge in [0.05, 0.1) is 5.69 Å². The van der Waals surface area contributed by atoms with Crippen molar-refractivity contribution in [2.45, 2.75) is 13.3 Å². The van der Waals surface area contributed by atoms with Gasteiger partial charge in [-0.15, -0.1) is 10.2 Å². The number of hydrogen-bond donors (Lipinski definition) is 2. The van der Waals surface area contributed by atoms with Crippen LogP contribution in [-0.2, 0) is 0 Å². The fourth-order valence-electron chi connectivity index (χ4n) is 2.58. The average Bonchev–Trinajstić information content (AvgIpc) is 2.62. The van der Waals surface area contributed by atoms with Crippen LogP contribution in [0.2, 0.25) is 0 Å². The van der Waals surface area contributed by atoms with Crippen molar-refractivity contribution in [1.82, 2.24) is 15.5 Å². The second-order valence-corrected chi connectivity index (χ2v) is 5.54. The smallest absolute Gasteiger partial charge is 0.273 e. The quantitative estimate of drug-likeness (QED) is 0.758. The minimum atomic E-state index is -0.861. The zero-order valence-electron chi connectivity index (χ0n) is 13.5. The van der Waals surface area contributed by atoms with Gasteiger partial charge < -0.3 is 16.2 Å². The van der Waals surface area contributed by atoms with E-state index in [1.54, 1.807) is 18.2 Å². The summed E-state index contributed by atoms with van der Waals surface area (Å²) in [6.07, 6.45) is 0.779. The Kier molecular flexibility index (Phi) is 4.47. The lowest BCUT2D eigenvalue weighted by atomic mass is 10.0. The maximum atomic E-state index is 14.2. The SMILES string of the molecule is CCCNC(=O)c1nnc2c(-c3cccc([O-])c3F)cccc2c1N. The average molecular weight is 339 g/mol. The van der Waals surface area contributed by atoms with Gasteiger partial charge in [0, 0.05) is 23.1 Å². The van der Waals surface area contributed by atoms with Crippen LogP contribution in [0.1, 0.15) is 23.8 Å². The summed E-state index contributed by atoms with van der Waals surface area (Å²) in [5.41, 5.74) is 7.12. The zero-order valence-corrected chi connectivity index (χ0v) is 13.5. The third kappa shape index (κ3) is 2.96. The van der Waals surface area contributed by atoms with Crippen molar-refractivity contribution in [3.8, 4) is 16.9 Å². The number of carbonyl (C=O) groups excluding carboxylic acids is 1. The van der Waals surface area contributed by atoms with Crippen molar-refractivity contribution >= 4 is 22.5 Å². The molecule has 3 aromatic rings. The van der Waals surface area contributed by atoms with Gasteiger partial charge in [-0.2, -0.15) is 0 Å². The number of halogens is 1. The largest absolute Gasteiger partial charge is 0.870 e. The molecule has 0 spiro atoms. The first-order chi connectivity index (χ1) is 12.0. The van der Waals surface area contributed by atoms with Crippen molar-refractivity contribution in [2.75, 3.05) is 12.3 Å². The van der Waals surface area contributed by atoms with Crippen molar-refractivity contribution in [3.63, 3.8) is 0 Å². The summed E-state index contributed by atoms with van der Waals surface area (Å²) in [6.45, 7) is 2.43. The van der Waals surface area contributed by atoms with Crippen LogP contribution in [0.4, 0.5) is 10.1 Å². The molecule has 0 aliphatic rings. The predicted molar refractivity (Wildman–Crippen MR) is 91.4 cm³/mol. The van der Waals surface area contributed by atoms with E-state index in [2.05, 4.69) is 15.5 Å². The molecule has 0 fully saturated rings. The standard InChI is InChI=1S/C18H17FN4O2/c1-2-9-21-18(25)17-15(20)12-7-3-6-11(16(12)22-23-17)10-5-4-8-13(24)14(10)19/h3-8,24H,2,9H2,1H3,(H2,20,22)(H,21,25)/p-1. The van der Waals surface area contributed by atoms with E-state index in [0.29, 0.717) is 23.0 Å². The van der Waals surface area contributed by atoms with Crippen LogP contribution in [0.15, 0.2) is 36.4 Å². The highest BCUT2D eigenvalue weighted by Crippen LogP contribution is 2.33. The number of nitrogens with zero attached hydrogens (tertiary/aromatic N) is 2. The Labute approximate surface area is 143 Å². The first kappa shape index (κ1) is 16.6. The second-order valence-electron chi connectivity index (χ2n) is 5.54. The maximum Gasteiger partial charge on any atom is 0.273 e. The van der Waals surface area contributed by atoms with E-state index in [1.807, 2.05) is 6.92 Å². The van der Waals surface area contributed by atoms with Crippen LogP contribution in [-0.4, -0.2) is 22.6 Å². The summed E-state index contributed by atoms with van der Waals surface area (Å²) < 4.78 is 14.2. The topological polar surface area (TPSA) is 104 Å². The number of benzene rings is 2. The molecule has 0 saturated carbocycles. The van der Waals surface area contributed by atoms with E-state index in [1.165, 1.54) is 12.1 Å². The van der Waals surface area contributed by atoms with Crippen molar-refractivity contribution in [3.05, 3.63) is 47.9 Å². The molecule has 3 N–H and O–H groups in total. The van der Waals surface area contributed by atoms with Crippen molar-refractivity contribution in [1.29, 1.82) is 0 Å². The summed E-state index contributed by atoms with van der Waals surface area (Å²) in [6, 6.07) is 9.10. The molecule has 7 heteroatoms. The third-order valence-electron chi connectivity index (χ3n) is 3.84. The highest BCUT2D eigenvalue weighted by Gasteiger charge is 2.18. The van der Waals surface area contributed by atoms with Crippen molar-refractivity contribution < 1.29 is 14.3 Å². The van der Waals surface area contributed by atoms with Crippen LogP contribution in [0, 0.1) is 5.82 Å². The monoisotopic (exact) mass is 339 g/mol. The summed E-state index contributed by atoms with van der Waals surface area (Å²) in [5.74, 6) is -1.97. The summed E-state index contributed by atoms with van der Waals surface area (Å²) >= 11 is 0. The fourth-order valence-corrected chi connectivity index (χ4v) is 2.58. The highest BCUT2D eigenvalue weighted by molar-refractivity contribution is 6.07. The molecule has 0 aliphatic carbocycles. The number of fused-ring (bicyclic) bond motifs is 1. The maximum absolute atomic E-state index is 14.2. The minimum Gasteiger partial charge on any atom is -0.870 e. The Morgan fingerprint density at radius 2 is 1.92 bits per heavy atom. The van der Waals surface area contributed by atoms with E-state index < -0.39 is 17.5 Å². The van der Waals surface area contributed by atoms with Gasteiger partial charge in [0.2, 0.25) is 0 Å². The molecule has 1 heterocycles.